The molecule has 0 bridgehead atoms. The molecule has 0 spiro atoms. The first-order valence-electron chi connectivity index (χ1n) is 5.99. The van der Waals surface area contributed by atoms with Crippen molar-refractivity contribution in [2.75, 3.05) is 0 Å². The molecule has 1 atom stereocenters. The number of fused-ring (bicyclic) bond motifs is 1. The van der Waals surface area contributed by atoms with Crippen molar-refractivity contribution in [1.29, 1.82) is 0 Å². The Balaban J connectivity index is 2.16. The predicted molar refractivity (Wildman–Crippen MR) is 76.1 cm³/mol. The summed E-state index contributed by atoms with van der Waals surface area (Å²) in [7, 11) is 0. The van der Waals surface area contributed by atoms with Gasteiger partial charge in [0.05, 0.1) is 5.02 Å². The maximum Gasteiger partial charge on any atom is 0.219 e. The zero-order valence-corrected chi connectivity index (χ0v) is 11.2. The monoisotopic (exact) mass is 272 g/mol. The number of para-hydroxylation sites is 1. The molecule has 1 aromatic heterocycles. The third-order valence-electron chi connectivity index (χ3n) is 3.18. The molecule has 4 heteroatoms. The van der Waals surface area contributed by atoms with Gasteiger partial charge < -0.3 is 10.2 Å². The van der Waals surface area contributed by atoms with Crippen molar-refractivity contribution in [2.45, 2.75) is 12.5 Å². The molecule has 19 heavy (non-hydrogen) atoms. The Bertz CT molecular complexity index is 719. The van der Waals surface area contributed by atoms with E-state index in [4.69, 9.17) is 21.8 Å². The Morgan fingerprint density at radius 3 is 2.53 bits per heavy atom. The number of hydrogen-bond acceptors (Lipinski definition) is 3. The average Bonchev–Trinajstić information content (AvgIpc) is 2.86. The number of oxazole rings is 1. The van der Waals surface area contributed by atoms with Crippen LogP contribution in [0.25, 0.3) is 11.1 Å². The van der Waals surface area contributed by atoms with Gasteiger partial charge in [-0.3, -0.25) is 0 Å². The molecule has 0 aliphatic rings. The summed E-state index contributed by atoms with van der Waals surface area (Å²) in [6.07, 6.45) is 0. The molecule has 0 radical (unpaired) electrons. The Kier molecular flexibility index (Phi) is 2.81. The van der Waals surface area contributed by atoms with Crippen molar-refractivity contribution in [2.24, 2.45) is 5.73 Å². The summed E-state index contributed by atoms with van der Waals surface area (Å²) >= 11 is 6.09. The van der Waals surface area contributed by atoms with Crippen LogP contribution in [0.5, 0.6) is 0 Å². The smallest absolute Gasteiger partial charge is 0.219 e. The summed E-state index contributed by atoms with van der Waals surface area (Å²) in [6.45, 7) is 1.88. The standard InChI is InChI=1S/C15H13ClN2O/c1-15(17,10-6-3-2-4-7-10)14-18-12-9-5-8-11(16)13(12)19-14/h2-9H,17H2,1H3. The van der Waals surface area contributed by atoms with E-state index >= 15 is 0 Å². The minimum absolute atomic E-state index is 0.460. The van der Waals surface area contributed by atoms with Crippen LogP contribution in [0.1, 0.15) is 18.4 Å². The molecule has 3 aromatic rings. The topological polar surface area (TPSA) is 52.0 Å². The second-order valence-corrected chi connectivity index (χ2v) is 5.08. The highest BCUT2D eigenvalue weighted by molar-refractivity contribution is 6.34. The van der Waals surface area contributed by atoms with Crippen LogP contribution in [0.2, 0.25) is 5.02 Å². The van der Waals surface area contributed by atoms with E-state index in [2.05, 4.69) is 4.98 Å². The molecule has 2 aromatic carbocycles. The molecule has 2 N–H and O–H groups in total. The summed E-state index contributed by atoms with van der Waals surface area (Å²) in [5.74, 6) is 0.460. The van der Waals surface area contributed by atoms with E-state index in [1.165, 1.54) is 0 Å². The third kappa shape index (κ3) is 2.01. The van der Waals surface area contributed by atoms with Gasteiger partial charge in [0.1, 0.15) is 11.1 Å². The molecular weight excluding hydrogens is 260 g/mol. The van der Waals surface area contributed by atoms with E-state index in [9.17, 15) is 0 Å². The maximum absolute atomic E-state index is 6.37. The molecule has 0 fully saturated rings. The molecule has 0 saturated carbocycles. The van der Waals surface area contributed by atoms with Crippen molar-refractivity contribution in [1.82, 2.24) is 4.98 Å². The minimum Gasteiger partial charge on any atom is -0.437 e. The van der Waals surface area contributed by atoms with Crippen LogP contribution >= 0.6 is 11.6 Å². The normalized spacial score (nSPS) is 14.5. The number of rotatable bonds is 2. The second kappa shape index (κ2) is 4.37. The molecule has 3 nitrogen and oxygen atoms in total. The maximum atomic E-state index is 6.37. The van der Waals surface area contributed by atoms with Crippen LogP contribution in [-0.2, 0) is 5.54 Å². The molecule has 0 amide bonds. The van der Waals surface area contributed by atoms with Gasteiger partial charge in [-0.05, 0) is 24.6 Å². The van der Waals surface area contributed by atoms with Crippen LogP contribution in [0.4, 0.5) is 0 Å². The Hall–Kier alpha value is -1.84. The average molecular weight is 273 g/mol. The van der Waals surface area contributed by atoms with Gasteiger partial charge in [0, 0.05) is 0 Å². The third-order valence-corrected chi connectivity index (χ3v) is 3.48. The zero-order chi connectivity index (χ0) is 13.5. The number of halogens is 1. The van der Waals surface area contributed by atoms with Crippen molar-refractivity contribution in [3.63, 3.8) is 0 Å². The van der Waals surface area contributed by atoms with Gasteiger partial charge >= 0.3 is 0 Å². The van der Waals surface area contributed by atoms with Gasteiger partial charge in [0.15, 0.2) is 5.58 Å². The molecule has 0 aliphatic carbocycles. The van der Waals surface area contributed by atoms with Gasteiger partial charge in [-0.1, -0.05) is 48.0 Å². The first-order chi connectivity index (χ1) is 9.09. The van der Waals surface area contributed by atoms with E-state index in [0.29, 0.717) is 16.5 Å². The summed E-state index contributed by atoms with van der Waals surface area (Å²) < 4.78 is 5.75. The van der Waals surface area contributed by atoms with Crippen LogP contribution in [0, 0.1) is 0 Å². The highest BCUT2D eigenvalue weighted by Crippen LogP contribution is 2.31. The first-order valence-corrected chi connectivity index (χ1v) is 6.37. The number of hydrogen-bond donors (Lipinski definition) is 1. The lowest BCUT2D eigenvalue weighted by Crippen LogP contribution is -2.34. The minimum atomic E-state index is -0.788. The lowest BCUT2D eigenvalue weighted by atomic mass is 9.93. The Morgan fingerprint density at radius 2 is 1.84 bits per heavy atom. The highest BCUT2D eigenvalue weighted by Gasteiger charge is 2.29. The SMILES string of the molecule is CC(N)(c1ccccc1)c1nc2cccc(Cl)c2o1. The van der Waals surface area contributed by atoms with Gasteiger partial charge in [0.2, 0.25) is 5.89 Å². The fourth-order valence-electron chi connectivity index (χ4n) is 2.05. The van der Waals surface area contributed by atoms with Gasteiger partial charge in [-0.25, -0.2) is 4.98 Å². The highest BCUT2D eigenvalue weighted by atomic mass is 35.5. The molecule has 0 aliphatic heterocycles. The second-order valence-electron chi connectivity index (χ2n) is 4.68. The Morgan fingerprint density at radius 1 is 1.11 bits per heavy atom. The molecule has 0 saturated heterocycles. The molecule has 1 unspecified atom stereocenters. The van der Waals surface area contributed by atoms with Crippen molar-refractivity contribution in [3.05, 3.63) is 65.0 Å². The fourth-order valence-corrected chi connectivity index (χ4v) is 2.25. The molecule has 96 valence electrons. The number of nitrogens with zero attached hydrogens (tertiary/aromatic N) is 1. The summed E-state index contributed by atoms with van der Waals surface area (Å²) in [6, 6.07) is 15.2. The van der Waals surface area contributed by atoms with E-state index in [-0.39, 0.29) is 0 Å². The van der Waals surface area contributed by atoms with E-state index in [0.717, 1.165) is 11.1 Å². The summed E-state index contributed by atoms with van der Waals surface area (Å²) in [4.78, 5) is 4.45. The largest absolute Gasteiger partial charge is 0.437 e. The zero-order valence-electron chi connectivity index (χ0n) is 10.4. The number of benzene rings is 2. The first kappa shape index (κ1) is 12.2. The van der Waals surface area contributed by atoms with E-state index in [1.807, 2.05) is 49.4 Å². The summed E-state index contributed by atoms with van der Waals surface area (Å²) in [5.41, 5.74) is 7.82. The van der Waals surface area contributed by atoms with Crippen molar-refractivity contribution >= 4 is 22.7 Å². The lowest BCUT2D eigenvalue weighted by molar-refractivity contribution is 0.418. The Labute approximate surface area is 116 Å². The molecule has 3 rings (SSSR count). The quantitative estimate of drug-likeness (QED) is 0.774. The van der Waals surface area contributed by atoms with Crippen molar-refractivity contribution < 1.29 is 4.42 Å². The fraction of sp³-hybridized carbons (Fsp3) is 0.133. The van der Waals surface area contributed by atoms with Gasteiger partial charge in [-0.15, -0.1) is 0 Å². The molecule has 1 heterocycles. The van der Waals surface area contributed by atoms with Crippen LogP contribution in [0.3, 0.4) is 0 Å². The predicted octanol–water partition coefficient (Wildman–Crippen LogP) is 3.70. The van der Waals surface area contributed by atoms with E-state index < -0.39 is 5.54 Å². The van der Waals surface area contributed by atoms with Gasteiger partial charge in [0.25, 0.3) is 0 Å². The summed E-state index contributed by atoms with van der Waals surface area (Å²) in [5, 5.41) is 0.542. The van der Waals surface area contributed by atoms with Crippen molar-refractivity contribution in [3.8, 4) is 0 Å². The van der Waals surface area contributed by atoms with Crippen LogP contribution < -0.4 is 5.73 Å². The van der Waals surface area contributed by atoms with E-state index in [1.54, 1.807) is 6.07 Å². The number of aromatic nitrogens is 1. The van der Waals surface area contributed by atoms with Gasteiger partial charge in [-0.2, -0.15) is 0 Å². The number of nitrogens with two attached hydrogens (primary N) is 1. The molecular formula is C15H13ClN2O. The van der Waals surface area contributed by atoms with Crippen LogP contribution in [-0.4, -0.2) is 4.98 Å². The van der Waals surface area contributed by atoms with Crippen LogP contribution in [0.15, 0.2) is 52.9 Å². The lowest BCUT2D eigenvalue weighted by Gasteiger charge is -2.20.